The summed E-state index contributed by atoms with van der Waals surface area (Å²) in [5.41, 5.74) is -1.91. The SMILES string of the molecule is COCc1cc(-c2cccc(C(F)(F)F)c2)c2ncc(-c3nc(OC)ccc3C(F)(F)F)nc2n1. The molecule has 182 valence electrons. The van der Waals surface area contributed by atoms with Crippen LogP contribution in [-0.4, -0.2) is 34.2 Å². The molecule has 4 rings (SSSR count). The Morgan fingerprint density at radius 3 is 2.29 bits per heavy atom. The first kappa shape index (κ1) is 24.3. The summed E-state index contributed by atoms with van der Waals surface area (Å²) in [6, 6.07) is 7.98. The predicted molar refractivity (Wildman–Crippen MR) is 113 cm³/mol. The van der Waals surface area contributed by atoms with Crippen molar-refractivity contribution in [3.8, 4) is 28.4 Å². The molecule has 0 unspecified atom stereocenters. The largest absolute Gasteiger partial charge is 0.481 e. The summed E-state index contributed by atoms with van der Waals surface area (Å²) in [7, 11) is 2.65. The van der Waals surface area contributed by atoms with Crippen molar-refractivity contribution in [3.63, 3.8) is 0 Å². The van der Waals surface area contributed by atoms with Gasteiger partial charge >= 0.3 is 12.4 Å². The lowest BCUT2D eigenvalue weighted by Crippen LogP contribution is -2.10. The highest BCUT2D eigenvalue weighted by molar-refractivity contribution is 5.90. The van der Waals surface area contributed by atoms with Gasteiger partial charge in [-0.1, -0.05) is 12.1 Å². The highest BCUT2D eigenvalue weighted by Gasteiger charge is 2.35. The number of methoxy groups -OCH3 is 2. The molecule has 0 aliphatic carbocycles. The third-order valence-corrected chi connectivity index (χ3v) is 4.99. The summed E-state index contributed by atoms with van der Waals surface area (Å²) in [4.78, 5) is 16.6. The summed E-state index contributed by atoms with van der Waals surface area (Å²) in [5.74, 6) is -0.0688. The van der Waals surface area contributed by atoms with Crippen molar-refractivity contribution in [1.29, 1.82) is 0 Å². The monoisotopic (exact) mass is 494 g/mol. The lowest BCUT2D eigenvalue weighted by molar-refractivity contribution is -0.138. The minimum atomic E-state index is -4.74. The maximum absolute atomic E-state index is 13.6. The molecule has 0 saturated heterocycles. The predicted octanol–water partition coefficient (Wildman–Crippen LogP) is 5.95. The maximum atomic E-state index is 13.6. The summed E-state index contributed by atoms with van der Waals surface area (Å²) in [6.45, 7) is -0.0149. The van der Waals surface area contributed by atoms with Gasteiger partial charge in [0.25, 0.3) is 0 Å². The van der Waals surface area contributed by atoms with Crippen LogP contribution in [0.2, 0.25) is 0 Å². The van der Waals surface area contributed by atoms with E-state index in [1.165, 1.54) is 32.4 Å². The molecule has 0 amide bonds. The average Bonchev–Trinajstić information content (AvgIpc) is 2.82. The minimum absolute atomic E-state index is 0.0149. The molecule has 6 nitrogen and oxygen atoms in total. The second-order valence-electron chi connectivity index (χ2n) is 7.35. The Labute approximate surface area is 194 Å². The van der Waals surface area contributed by atoms with Crippen LogP contribution in [0, 0.1) is 0 Å². The quantitative estimate of drug-likeness (QED) is 0.320. The fraction of sp³-hybridized carbons (Fsp3) is 0.217. The molecular weight excluding hydrogens is 478 g/mol. The van der Waals surface area contributed by atoms with Crippen LogP contribution in [0.25, 0.3) is 33.7 Å². The molecule has 0 atom stereocenters. The number of alkyl halides is 6. The van der Waals surface area contributed by atoms with Crippen LogP contribution in [0.1, 0.15) is 16.8 Å². The zero-order valence-corrected chi connectivity index (χ0v) is 18.2. The Balaban J connectivity index is 1.95. The number of halogens is 6. The highest BCUT2D eigenvalue weighted by atomic mass is 19.4. The first-order valence-electron chi connectivity index (χ1n) is 9.97. The Bertz CT molecular complexity index is 1390. The number of nitrogens with zero attached hydrogens (tertiary/aromatic N) is 4. The average molecular weight is 494 g/mol. The Morgan fingerprint density at radius 2 is 1.63 bits per heavy atom. The standard InChI is InChI=1S/C23H16F6N4O2/c1-34-11-14-9-15(12-4-3-5-13(8-12)22(24,25)26)19-21(31-14)32-17(10-30-19)20-16(23(27,28)29)6-7-18(33-20)35-2/h3-10H,11H2,1-2H3. The highest BCUT2D eigenvalue weighted by Crippen LogP contribution is 2.38. The van der Waals surface area contributed by atoms with Gasteiger partial charge < -0.3 is 9.47 Å². The number of hydrogen-bond acceptors (Lipinski definition) is 6. The van der Waals surface area contributed by atoms with Gasteiger partial charge in [-0.2, -0.15) is 26.3 Å². The van der Waals surface area contributed by atoms with Crippen molar-refractivity contribution < 1.29 is 35.8 Å². The summed E-state index contributed by atoms with van der Waals surface area (Å²) >= 11 is 0. The van der Waals surface area contributed by atoms with Gasteiger partial charge in [0.2, 0.25) is 5.88 Å². The smallest absolute Gasteiger partial charge is 0.418 e. The van der Waals surface area contributed by atoms with E-state index in [4.69, 9.17) is 9.47 Å². The molecule has 4 aromatic rings. The van der Waals surface area contributed by atoms with E-state index in [0.29, 0.717) is 5.69 Å². The molecule has 0 fully saturated rings. The van der Waals surface area contributed by atoms with E-state index in [1.807, 2.05) is 0 Å². The lowest BCUT2D eigenvalue weighted by atomic mass is 10.0. The number of pyridine rings is 2. The maximum Gasteiger partial charge on any atom is 0.418 e. The molecule has 3 heterocycles. The van der Waals surface area contributed by atoms with E-state index in [9.17, 15) is 26.3 Å². The molecule has 12 heteroatoms. The van der Waals surface area contributed by atoms with E-state index in [-0.39, 0.29) is 40.5 Å². The van der Waals surface area contributed by atoms with E-state index < -0.39 is 29.2 Å². The lowest BCUT2D eigenvalue weighted by Gasteiger charge is -2.14. The Kier molecular flexibility index (Phi) is 6.32. The van der Waals surface area contributed by atoms with Gasteiger partial charge in [-0.3, -0.25) is 0 Å². The number of aromatic nitrogens is 4. The van der Waals surface area contributed by atoms with Gasteiger partial charge in [-0.05, 0) is 29.8 Å². The van der Waals surface area contributed by atoms with Crippen LogP contribution in [-0.2, 0) is 23.7 Å². The van der Waals surface area contributed by atoms with Gasteiger partial charge in [-0.15, -0.1) is 0 Å². The molecule has 0 spiro atoms. The van der Waals surface area contributed by atoms with E-state index in [1.54, 1.807) is 0 Å². The summed E-state index contributed by atoms with van der Waals surface area (Å²) in [5, 5.41) is 0. The van der Waals surface area contributed by atoms with E-state index >= 15 is 0 Å². The molecule has 0 N–H and O–H groups in total. The third kappa shape index (κ3) is 5.02. The fourth-order valence-electron chi connectivity index (χ4n) is 3.45. The molecule has 0 saturated carbocycles. The van der Waals surface area contributed by atoms with Crippen molar-refractivity contribution in [2.24, 2.45) is 0 Å². The molecule has 0 bridgehead atoms. The van der Waals surface area contributed by atoms with Crippen LogP contribution in [0.4, 0.5) is 26.3 Å². The van der Waals surface area contributed by atoms with Crippen LogP contribution in [0.5, 0.6) is 5.88 Å². The van der Waals surface area contributed by atoms with Crippen molar-refractivity contribution in [2.75, 3.05) is 14.2 Å². The van der Waals surface area contributed by atoms with Gasteiger partial charge in [0, 0.05) is 18.7 Å². The van der Waals surface area contributed by atoms with Crippen molar-refractivity contribution >= 4 is 11.2 Å². The second kappa shape index (κ2) is 9.10. The van der Waals surface area contributed by atoms with Crippen molar-refractivity contribution in [1.82, 2.24) is 19.9 Å². The Morgan fingerprint density at radius 1 is 0.857 bits per heavy atom. The van der Waals surface area contributed by atoms with Crippen LogP contribution in [0.15, 0.2) is 48.7 Å². The van der Waals surface area contributed by atoms with Crippen molar-refractivity contribution in [2.45, 2.75) is 19.0 Å². The zero-order chi connectivity index (χ0) is 25.4. The topological polar surface area (TPSA) is 70.0 Å². The molecule has 1 aromatic carbocycles. The fourth-order valence-corrected chi connectivity index (χ4v) is 3.45. The Hall–Kier alpha value is -3.80. The zero-order valence-electron chi connectivity index (χ0n) is 18.2. The van der Waals surface area contributed by atoms with Gasteiger partial charge in [0.15, 0.2) is 5.65 Å². The second-order valence-corrected chi connectivity index (χ2v) is 7.35. The number of benzene rings is 1. The van der Waals surface area contributed by atoms with Gasteiger partial charge in [0.05, 0.1) is 36.7 Å². The molecule has 0 radical (unpaired) electrons. The molecule has 3 aromatic heterocycles. The first-order chi connectivity index (χ1) is 16.5. The van der Waals surface area contributed by atoms with Crippen LogP contribution in [0.3, 0.4) is 0 Å². The number of ether oxygens (including phenoxy) is 2. The van der Waals surface area contributed by atoms with Crippen LogP contribution < -0.4 is 4.74 Å². The van der Waals surface area contributed by atoms with Crippen molar-refractivity contribution in [3.05, 3.63) is 65.5 Å². The number of hydrogen-bond donors (Lipinski definition) is 0. The summed E-state index contributed by atoms with van der Waals surface area (Å²) < 4.78 is 90.7. The van der Waals surface area contributed by atoms with Crippen LogP contribution >= 0.6 is 0 Å². The minimum Gasteiger partial charge on any atom is -0.481 e. The summed E-state index contributed by atoms with van der Waals surface area (Å²) in [6.07, 6.45) is -8.24. The van der Waals surface area contributed by atoms with Gasteiger partial charge in [0.1, 0.15) is 16.9 Å². The molecular formula is C23H16F6N4O2. The molecule has 0 aliphatic heterocycles. The molecule has 0 aliphatic rings. The normalized spacial score (nSPS) is 12.2. The van der Waals surface area contributed by atoms with E-state index in [0.717, 1.165) is 30.5 Å². The van der Waals surface area contributed by atoms with E-state index in [2.05, 4.69) is 19.9 Å². The molecule has 35 heavy (non-hydrogen) atoms. The number of fused-ring (bicyclic) bond motifs is 1. The number of rotatable bonds is 5. The first-order valence-corrected chi connectivity index (χ1v) is 9.97. The van der Waals surface area contributed by atoms with Gasteiger partial charge in [-0.25, -0.2) is 19.9 Å². The third-order valence-electron chi connectivity index (χ3n) is 4.99.